The van der Waals surface area contributed by atoms with Gasteiger partial charge in [-0.15, -0.1) is 0 Å². The molecule has 25 heavy (non-hydrogen) atoms. The fourth-order valence-corrected chi connectivity index (χ4v) is 3.20. The van der Waals surface area contributed by atoms with Gasteiger partial charge < -0.3 is 10.1 Å². The number of H-pyrrole nitrogens is 1. The molecule has 1 amide bonds. The number of nitrogens with zero attached hydrogens (tertiary/aromatic N) is 3. The highest BCUT2D eigenvalue weighted by atomic mass is 16.5. The molecule has 3 aromatic rings. The van der Waals surface area contributed by atoms with Crippen molar-refractivity contribution in [1.82, 2.24) is 20.6 Å². The number of carbonyl (C=O) groups is 1. The molecule has 1 heterocycles. The minimum Gasteiger partial charge on any atom is -0.422 e. The van der Waals surface area contributed by atoms with Crippen molar-refractivity contribution in [2.75, 3.05) is 5.32 Å². The van der Waals surface area contributed by atoms with Crippen LogP contribution in [0.15, 0.2) is 48.5 Å². The first-order valence-electron chi connectivity index (χ1n) is 8.17. The molecule has 2 aromatic carbocycles. The predicted octanol–water partition coefficient (Wildman–Crippen LogP) is 3.05. The number of benzene rings is 2. The quantitative estimate of drug-likeness (QED) is 0.747. The molecule has 0 saturated carbocycles. The second-order valence-electron chi connectivity index (χ2n) is 6.01. The van der Waals surface area contributed by atoms with Crippen LogP contribution in [0.4, 0.5) is 5.69 Å². The molecule has 0 aliphatic heterocycles. The Morgan fingerprint density at radius 1 is 1.20 bits per heavy atom. The number of ether oxygens (including phenoxy) is 1. The predicted molar refractivity (Wildman–Crippen MR) is 91.4 cm³/mol. The lowest BCUT2D eigenvalue weighted by Gasteiger charge is -2.12. The van der Waals surface area contributed by atoms with E-state index in [4.69, 9.17) is 4.74 Å². The number of anilines is 1. The highest BCUT2D eigenvalue weighted by Crippen LogP contribution is 2.35. The van der Waals surface area contributed by atoms with Gasteiger partial charge in [0.2, 0.25) is 5.91 Å². The second kappa shape index (κ2) is 6.72. The van der Waals surface area contributed by atoms with Crippen molar-refractivity contribution in [3.05, 3.63) is 59.7 Å². The highest BCUT2D eigenvalue weighted by molar-refractivity contribution is 5.91. The van der Waals surface area contributed by atoms with Gasteiger partial charge in [0.05, 0.1) is 0 Å². The molecule has 1 unspecified atom stereocenters. The van der Waals surface area contributed by atoms with Crippen LogP contribution in [0.2, 0.25) is 0 Å². The van der Waals surface area contributed by atoms with Gasteiger partial charge in [-0.05, 0) is 59.4 Å². The SMILES string of the molecule is O=C(CC1CCc2ccccc21)Nc1ccc(Oc2nn[nH]n2)cc1. The van der Waals surface area contributed by atoms with Gasteiger partial charge in [-0.2, -0.15) is 5.21 Å². The van der Waals surface area contributed by atoms with E-state index in [1.807, 2.05) is 6.07 Å². The van der Waals surface area contributed by atoms with Gasteiger partial charge in [0.25, 0.3) is 0 Å². The number of hydrogen-bond donors (Lipinski definition) is 2. The molecule has 1 aliphatic carbocycles. The van der Waals surface area contributed by atoms with E-state index in [1.165, 1.54) is 11.1 Å². The maximum absolute atomic E-state index is 12.3. The summed E-state index contributed by atoms with van der Waals surface area (Å²) in [6, 6.07) is 15.6. The standard InChI is InChI=1S/C18H17N5O2/c24-17(11-13-6-5-12-3-1-2-4-16(12)13)19-14-7-9-15(10-8-14)25-18-20-22-23-21-18/h1-4,7-10,13H,5-6,11H2,(H,19,24)(H,20,21,22,23). The number of nitrogens with one attached hydrogen (secondary N) is 2. The molecule has 7 heteroatoms. The molecular formula is C18H17N5O2. The third kappa shape index (κ3) is 3.50. The lowest BCUT2D eigenvalue weighted by Crippen LogP contribution is -2.14. The Morgan fingerprint density at radius 2 is 2.04 bits per heavy atom. The minimum absolute atomic E-state index is 0.0218. The van der Waals surface area contributed by atoms with Crippen LogP contribution in [0, 0.1) is 0 Å². The van der Waals surface area contributed by atoms with Crippen LogP contribution in [0.5, 0.6) is 11.8 Å². The van der Waals surface area contributed by atoms with Crippen molar-refractivity contribution in [1.29, 1.82) is 0 Å². The Hall–Kier alpha value is -3.22. The molecule has 0 saturated heterocycles. The van der Waals surface area contributed by atoms with Gasteiger partial charge in [-0.3, -0.25) is 4.79 Å². The average molecular weight is 335 g/mol. The molecule has 0 spiro atoms. The number of aryl methyl sites for hydroxylation is 1. The van der Waals surface area contributed by atoms with Crippen LogP contribution < -0.4 is 10.1 Å². The van der Waals surface area contributed by atoms with E-state index >= 15 is 0 Å². The maximum Gasteiger partial charge on any atom is 0.361 e. The van der Waals surface area contributed by atoms with Crippen LogP contribution in [0.25, 0.3) is 0 Å². The molecule has 7 nitrogen and oxygen atoms in total. The Labute approximate surface area is 144 Å². The molecule has 0 radical (unpaired) electrons. The van der Waals surface area contributed by atoms with Gasteiger partial charge in [0.15, 0.2) is 0 Å². The Morgan fingerprint density at radius 3 is 2.84 bits per heavy atom. The minimum atomic E-state index is 0.0218. The van der Waals surface area contributed by atoms with Crippen LogP contribution in [0.3, 0.4) is 0 Å². The smallest absolute Gasteiger partial charge is 0.361 e. The monoisotopic (exact) mass is 335 g/mol. The van der Waals surface area contributed by atoms with E-state index < -0.39 is 0 Å². The molecule has 4 rings (SSSR count). The number of tetrazole rings is 1. The van der Waals surface area contributed by atoms with Crippen LogP contribution >= 0.6 is 0 Å². The van der Waals surface area contributed by atoms with Crippen molar-refractivity contribution in [3.8, 4) is 11.8 Å². The number of aromatic amines is 1. The van der Waals surface area contributed by atoms with Gasteiger partial charge in [0, 0.05) is 12.1 Å². The lowest BCUT2D eigenvalue weighted by molar-refractivity contribution is -0.116. The summed E-state index contributed by atoms with van der Waals surface area (Å²) in [5.41, 5.74) is 3.40. The Kier molecular flexibility index (Phi) is 4.12. The first kappa shape index (κ1) is 15.3. The molecule has 126 valence electrons. The summed E-state index contributed by atoms with van der Waals surface area (Å²) in [5, 5.41) is 16.1. The summed E-state index contributed by atoms with van der Waals surface area (Å²) in [6.07, 6.45) is 2.58. The second-order valence-corrected chi connectivity index (χ2v) is 6.01. The van der Waals surface area contributed by atoms with Gasteiger partial charge in [-0.1, -0.05) is 34.5 Å². The van der Waals surface area contributed by atoms with E-state index in [-0.39, 0.29) is 11.9 Å². The average Bonchev–Trinajstić information content (AvgIpc) is 3.27. The first-order chi connectivity index (χ1) is 12.3. The summed E-state index contributed by atoms with van der Waals surface area (Å²) in [7, 11) is 0. The van der Waals surface area contributed by atoms with Crippen LogP contribution in [-0.2, 0) is 11.2 Å². The summed E-state index contributed by atoms with van der Waals surface area (Å²) in [5.74, 6) is 0.898. The van der Waals surface area contributed by atoms with Crippen molar-refractivity contribution >= 4 is 11.6 Å². The fourth-order valence-electron chi connectivity index (χ4n) is 3.20. The van der Waals surface area contributed by atoms with E-state index in [2.05, 4.69) is 44.1 Å². The van der Waals surface area contributed by atoms with Crippen molar-refractivity contribution in [3.63, 3.8) is 0 Å². The van der Waals surface area contributed by atoms with E-state index in [1.54, 1.807) is 24.3 Å². The summed E-state index contributed by atoms with van der Waals surface area (Å²) < 4.78 is 5.40. The van der Waals surface area contributed by atoms with Gasteiger partial charge in [0.1, 0.15) is 5.75 Å². The van der Waals surface area contributed by atoms with E-state index in [0.717, 1.165) is 18.5 Å². The molecule has 2 N–H and O–H groups in total. The Bertz CT molecular complexity index is 861. The van der Waals surface area contributed by atoms with E-state index in [9.17, 15) is 4.79 Å². The van der Waals surface area contributed by atoms with Crippen molar-refractivity contribution in [2.45, 2.75) is 25.2 Å². The fraction of sp³-hybridized carbons (Fsp3) is 0.222. The van der Waals surface area contributed by atoms with E-state index in [0.29, 0.717) is 18.1 Å². The number of hydrogen-bond acceptors (Lipinski definition) is 5. The summed E-state index contributed by atoms with van der Waals surface area (Å²) in [6.45, 7) is 0. The van der Waals surface area contributed by atoms with Gasteiger partial charge in [-0.25, -0.2) is 0 Å². The molecular weight excluding hydrogens is 318 g/mol. The largest absolute Gasteiger partial charge is 0.422 e. The Balaban J connectivity index is 1.35. The first-order valence-corrected chi connectivity index (χ1v) is 8.17. The summed E-state index contributed by atoms with van der Waals surface area (Å²) >= 11 is 0. The number of aromatic nitrogens is 4. The third-order valence-corrected chi connectivity index (χ3v) is 4.36. The summed E-state index contributed by atoms with van der Waals surface area (Å²) in [4.78, 5) is 12.3. The topological polar surface area (TPSA) is 92.8 Å². The highest BCUT2D eigenvalue weighted by Gasteiger charge is 2.24. The van der Waals surface area contributed by atoms with Gasteiger partial charge >= 0.3 is 6.01 Å². The normalized spacial score (nSPS) is 15.6. The molecule has 0 bridgehead atoms. The maximum atomic E-state index is 12.3. The van der Waals surface area contributed by atoms with Crippen LogP contribution in [-0.4, -0.2) is 26.5 Å². The molecule has 1 atom stereocenters. The van der Waals surface area contributed by atoms with Crippen molar-refractivity contribution < 1.29 is 9.53 Å². The number of rotatable bonds is 5. The zero-order chi connectivity index (χ0) is 17.1. The third-order valence-electron chi connectivity index (χ3n) is 4.36. The molecule has 0 fully saturated rings. The lowest BCUT2D eigenvalue weighted by atomic mass is 9.97. The molecule has 1 aromatic heterocycles. The van der Waals surface area contributed by atoms with Crippen molar-refractivity contribution in [2.24, 2.45) is 0 Å². The number of fused-ring (bicyclic) bond motifs is 1. The van der Waals surface area contributed by atoms with Crippen LogP contribution in [0.1, 0.15) is 29.9 Å². The zero-order valence-corrected chi connectivity index (χ0v) is 13.5. The number of amides is 1. The zero-order valence-electron chi connectivity index (χ0n) is 13.5. The molecule has 1 aliphatic rings. The number of carbonyl (C=O) groups excluding carboxylic acids is 1.